The number of aromatic nitrogens is 1. The first kappa shape index (κ1) is 20.0. The van der Waals surface area contributed by atoms with Gasteiger partial charge < -0.3 is 4.74 Å². The molecule has 0 spiro atoms. The predicted molar refractivity (Wildman–Crippen MR) is 112 cm³/mol. The zero-order valence-electron chi connectivity index (χ0n) is 15.1. The predicted octanol–water partition coefficient (Wildman–Crippen LogP) is 5.12. The summed E-state index contributed by atoms with van der Waals surface area (Å²) in [7, 11) is 0. The highest BCUT2D eigenvalue weighted by Gasteiger charge is 2.12. The number of nitrogens with one attached hydrogen (secondary N) is 1. The van der Waals surface area contributed by atoms with Crippen LogP contribution in [0.4, 0.5) is 10.8 Å². The summed E-state index contributed by atoms with van der Waals surface area (Å²) in [4.78, 5) is 26.8. The van der Waals surface area contributed by atoms with Gasteiger partial charge in [-0.1, -0.05) is 15.9 Å². The van der Waals surface area contributed by atoms with Crippen LogP contribution in [0.5, 0.6) is 5.75 Å². The van der Waals surface area contributed by atoms with Crippen LogP contribution in [-0.4, -0.2) is 22.4 Å². The maximum Gasteiger partial charge on any atom is 0.269 e. The van der Waals surface area contributed by atoms with Crippen LogP contribution in [0.3, 0.4) is 0 Å². The lowest BCUT2D eigenvalue weighted by atomic mass is 10.1. The molecule has 0 saturated heterocycles. The first-order valence-electron chi connectivity index (χ1n) is 8.23. The molecule has 28 heavy (non-hydrogen) atoms. The van der Waals surface area contributed by atoms with Crippen molar-refractivity contribution in [3.8, 4) is 17.0 Å². The van der Waals surface area contributed by atoms with Gasteiger partial charge in [0.1, 0.15) is 5.75 Å². The summed E-state index contributed by atoms with van der Waals surface area (Å²) < 4.78 is 6.62. The lowest BCUT2D eigenvalue weighted by Gasteiger charge is -2.12. The van der Waals surface area contributed by atoms with Crippen molar-refractivity contribution < 1.29 is 14.5 Å². The highest BCUT2D eigenvalue weighted by atomic mass is 79.9. The van der Waals surface area contributed by atoms with E-state index < -0.39 is 4.92 Å². The fourth-order valence-corrected chi connectivity index (χ4v) is 4.06. The van der Waals surface area contributed by atoms with Gasteiger partial charge in [-0.3, -0.25) is 20.2 Å². The third kappa shape index (κ3) is 4.73. The second-order valence-corrected chi connectivity index (χ2v) is 7.82. The number of carbonyl (C=O) groups excluding carboxylic acids is 1. The number of nitrogens with zero attached hydrogens (tertiary/aromatic N) is 2. The van der Waals surface area contributed by atoms with E-state index in [4.69, 9.17) is 4.74 Å². The minimum Gasteiger partial charge on any atom is -0.483 e. The van der Waals surface area contributed by atoms with E-state index in [2.05, 4.69) is 26.2 Å². The topological polar surface area (TPSA) is 94.4 Å². The number of nitro benzene ring substituents is 1. The van der Waals surface area contributed by atoms with Gasteiger partial charge in [0.25, 0.3) is 11.6 Å². The highest BCUT2D eigenvalue weighted by Crippen LogP contribution is 2.28. The Hall–Kier alpha value is -2.78. The monoisotopic (exact) mass is 461 g/mol. The molecule has 9 heteroatoms. The summed E-state index contributed by atoms with van der Waals surface area (Å²) in [5, 5.41) is 15.7. The highest BCUT2D eigenvalue weighted by molar-refractivity contribution is 9.10. The van der Waals surface area contributed by atoms with E-state index in [-0.39, 0.29) is 18.2 Å². The molecule has 0 atom stereocenters. The second kappa shape index (κ2) is 8.49. The van der Waals surface area contributed by atoms with Gasteiger partial charge in [-0.05, 0) is 49.2 Å². The Balaban J connectivity index is 1.62. The second-order valence-electron chi connectivity index (χ2n) is 6.05. The molecule has 144 valence electrons. The smallest absolute Gasteiger partial charge is 0.269 e. The standard InChI is InChI=1S/C19H16BrN3O4S/c1-11-7-14(20)8-12(2)18(11)27-9-17(24)22-19-21-16(10-28-19)13-3-5-15(6-4-13)23(25)26/h3-8,10H,9H2,1-2H3,(H,21,22,24). The minimum absolute atomic E-state index is 0.0168. The molecule has 0 unspecified atom stereocenters. The van der Waals surface area contributed by atoms with E-state index in [1.807, 2.05) is 26.0 Å². The molecule has 0 fully saturated rings. The van der Waals surface area contributed by atoms with Gasteiger partial charge in [-0.25, -0.2) is 4.98 Å². The van der Waals surface area contributed by atoms with Crippen LogP contribution < -0.4 is 10.1 Å². The first-order chi connectivity index (χ1) is 13.3. The molecular weight excluding hydrogens is 446 g/mol. The zero-order valence-corrected chi connectivity index (χ0v) is 17.5. The quantitative estimate of drug-likeness (QED) is 0.406. The number of hydrogen-bond donors (Lipinski definition) is 1. The Kier molecular flexibility index (Phi) is 6.05. The Morgan fingerprint density at radius 2 is 1.89 bits per heavy atom. The fraction of sp³-hybridized carbons (Fsp3) is 0.158. The first-order valence-corrected chi connectivity index (χ1v) is 9.90. The van der Waals surface area contributed by atoms with Crippen LogP contribution in [0.25, 0.3) is 11.3 Å². The molecule has 3 aromatic rings. The van der Waals surface area contributed by atoms with Crippen LogP contribution >= 0.6 is 27.3 Å². The molecule has 0 aliphatic heterocycles. The molecule has 0 saturated carbocycles. The summed E-state index contributed by atoms with van der Waals surface area (Å²) in [6.45, 7) is 3.71. The molecule has 1 amide bonds. The van der Waals surface area contributed by atoms with Gasteiger partial charge in [-0.15, -0.1) is 11.3 Å². The van der Waals surface area contributed by atoms with Crippen LogP contribution in [0.2, 0.25) is 0 Å². The van der Waals surface area contributed by atoms with Crippen molar-refractivity contribution in [3.63, 3.8) is 0 Å². The molecule has 1 heterocycles. The molecular formula is C19H16BrN3O4S. The molecule has 0 aliphatic rings. The van der Waals surface area contributed by atoms with Crippen molar-refractivity contribution in [3.05, 3.63) is 67.5 Å². The largest absolute Gasteiger partial charge is 0.483 e. The van der Waals surface area contributed by atoms with Crippen molar-refractivity contribution in [1.82, 2.24) is 4.98 Å². The number of thiazole rings is 1. The third-order valence-corrected chi connectivity index (χ3v) is 5.11. The Bertz CT molecular complexity index is 1010. The van der Waals surface area contributed by atoms with Gasteiger partial charge in [0, 0.05) is 27.5 Å². The molecule has 0 aliphatic carbocycles. The maximum absolute atomic E-state index is 12.2. The number of halogens is 1. The summed E-state index contributed by atoms with van der Waals surface area (Å²) in [5.41, 5.74) is 3.27. The average molecular weight is 462 g/mol. The molecule has 7 nitrogen and oxygen atoms in total. The zero-order chi connectivity index (χ0) is 20.3. The van der Waals surface area contributed by atoms with E-state index in [0.29, 0.717) is 16.6 Å². The number of carbonyl (C=O) groups is 1. The number of hydrogen-bond acceptors (Lipinski definition) is 6. The number of ether oxygens (including phenoxy) is 1. The third-order valence-electron chi connectivity index (χ3n) is 3.90. The number of anilines is 1. The number of non-ortho nitro benzene ring substituents is 1. The maximum atomic E-state index is 12.2. The van der Waals surface area contributed by atoms with E-state index in [9.17, 15) is 14.9 Å². The van der Waals surface area contributed by atoms with Crippen LogP contribution in [-0.2, 0) is 4.79 Å². The Labute approximate surface area is 173 Å². The van der Waals surface area contributed by atoms with E-state index in [0.717, 1.165) is 21.2 Å². The summed E-state index contributed by atoms with van der Waals surface area (Å²) >= 11 is 4.70. The van der Waals surface area contributed by atoms with Crippen LogP contribution in [0.15, 0.2) is 46.3 Å². The average Bonchev–Trinajstić information content (AvgIpc) is 3.09. The Morgan fingerprint density at radius 3 is 2.50 bits per heavy atom. The van der Waals surface area contributed by atoms with Crippen molar-refractivity contribution >= 4 is 44.0 Å². The van der Waals surface area contributed by atoms with Crippen LogP contribution in [0.1, 0.15) is 11.1 Å². The number of benzene rings is 2. The number of amides is 1. The van der Waals surface area contributed by atoms with E-state index in [1.54, 1.807) is 17.5 Å². The Morgan fingerprint density at radius 1 is 1.25 bits per heavy atom. The SMILES string of the molecule is Cc1cc(Br)cc(C)c1OCC(=O)Nc1nc(-c2ccc([N+](=O)[O-])cc2)cs1. The fourth-order valence-electron chi connectivity index (χ4n) is 2.64. The summed E-state index contributed by atoms with van der Waals surface area (Å²) in [6, 6.07) is 9.95. The van der Waals surface area contributed by atoms with Gasteiger partial charge in [0.15, 0.2) is 11.7 Å². The molecule has 0 radical (unpaired) electrons. The normalized spacial score (nSPS) is 10.5. The van der Waals surface area contributed by atoms with Crippen molar-refractivity contribution in [2.24, 2.45) is 0 Å². The number of rotatable bonds is 6. The molecule has 1 aromatic heterocycles. The van der Waals surface area contributed by atoms with Crippen molar-refractivity contribution in [1.29, 1.82) is 0 Å². The van der Waals surface area contributed by atoms with Gasteiger partial charge in [-0.2, -0.15) is 0 Å². The number of aryl methyl sites for hydroxylation is 2. The van der Waals surface area contributed by atoms with E-state index >= 15 is 0 Å². The molecule has 3 rings (SSSR count). The number of nitro groups is 1. The van der Waals surface area contributed by atoms with Crippen molar-refractivity contribution in [2.45, 2.75) is 13.8 Å². The lowest BCUT2D eigenvalue weighted by Crippen LogP contribution is -2.20. The van der Waals surface area contributed by atoms with Crippen LogP contribution in [0, 0.1) is 24.0 Å². The lowest BCUT2D eigenvalue weighted by molar-refractivity contribution is -0.384. The molecule has 2 aromatic carbocycles. The molecule has 1 N–H and O–H groups in total. The molecule has 0 bridgehead atoms. The van der Waals surface area contributed by atoms with Gasteiger partial charge >= 0.3 is 0 Å². The summed E-state index contributed by atoms with van der Waals surface area (Å²) in [6.07, 6.45) is 0. The van der Waals surface area contributed by atoms with Crippen molar-refractivity contribution in [2.75, 3.05) is 11.9 Å². The van der Waals surface area contributed by atoms with Gasteiger partial charge in [0.05, 0.1) is 10.6 Å². The van der Waals surface area contributed by atoms with E-state index in [1.165, 1.54) is 23.5 Å². The van der Waals surface area contributed by atoms with Gasteiger partial charge in [0.2, 0.25) is 0 Å². The minimum atomic E-state index is -0.453. The summed E-state index contributed by atoms with van der Waals surface area (Å²) in [5.74, 6) is 0.371.